The van der Waals surface area contributed by atoms with Gasteiger partial charge in [0.25, 0.3) is 0 Å². The van der Waals surface area contributed by atoms with E-state index in [2.05, 4.69) is 25.3 Å². The third kappa shape index (κ3) is 6.30. The van der Waals surface area contributed by atoms with Crippen LogP contribution in [0, 0.1) is 0 Å². The summed E-state index contributed by atoms with van der Waals surface area (Å²) in [6.45, 7) is 0. The van der Waals surface area contributed by atoms with Crippen LogP contribution in [0.2, 0.25) is 0 Å². The predicted octanol–water partition coefficient (Wildman–Crippen LogP) is -0.869. The van der Waals surface area contributed by atoms with Crippen LogP contribution < -0.4 is 0 Å². The summed E-state index contributed by atoms with van der Waals surface area (Å²) < 4.78 is 0. The Labute approximate surface area is 62.3 Å². The summed E-state index contributed by atoms with van der Waals surface area (Å²) >= 11 is 7.62. The van der Waals surface area contributed by atoms with Crippen molar-refractivity contribution in [2.24, 2.45) is 0 Å². The molecule has 5 heteroatoms. The van der Waals surface area contributed by atoms with Gasteiger partial charge in [-0.15, -0.1) is 0 Å². The molecule has 0 bridgehead atoms. The molecule has 0 saturated heterocycles. The number of rotatable bonds is 1. The maximum atomic E-state index is 9.50. The number of hydrogen-bond acceptors (Lipinski definition) is 4. The molecule has 1 radical (unpaired) electrons. The van der Waals surface area contributed by atoms with Gasteiger partial charge >= 0.3 is 17.1 Å². The zero-order valence-corrected chi connectivity index (χ0v) is 5.51. The third-order valence-electron chi connectivity index (χ3n) is 0.167. The summed E-state index contributed by atoms with van der Waals surface area (Å²) in [5.74, 6) is 0. The minimum Gasteiger partial charge on any atom is -0.736 e. The summed E-state index contributed by atoms with van der Waals surface area (Å²) in [6.07, 6.45) is 0. The Morgan fingerprint density at radius 1 is 1.00 bits per heavy atom. The number of hydrogen-bond donors (Lipinski definition) is 0. The summed E-state index contributed by atoms with van der Waals surface area (Å²) in [5, 5.41) is -1.96. The fraction of sp³-hybridized carbons (Fsp3) is 0. The Morgan fingerprint density at radius 3 is 1.14 bits per heavy atom. The SMILES string of the molecule is O=C([S-])C(=O)[S-].[Cu+2]. The van der Waals surface area contributed by atoms with Gasteiger partial charge in [0.05, 0.1) is 10.2 Å². The van der Waals surface area contributed by atoms with Crippen LogP contribution in [0.4, 0.5) is 0 Å². The normalized spacial score (nSPS) is 6.29. The van der Waals surface area contributed by atoms with Crippen molar-refractivity contribution in [3.63, 3.8) is 0 Å². The Bertz CT molecular complexity index is 79.7. The van der Waals surface area contributed by atoms with Crippen LogP contribution in [-0.4, -0.2) is 10.2 Å². The second-order valence-electron chi connectivity index (χ2n) is 0.575. The molecule has 2 nitrogen and oxygen atoms in total. The van der Waals surface area contributed by atoms with Gasteiger partial charge < -0.3 is 34.8 Å². The molecular formula is C2CuO2S2. The molecule has 0 aliphatic heterocycles. The molecule has 0 aliphatic carbocycles. The largest absolute Gasteiger partial charge is 2.00 e. The molecule has 0 spiro atoms. The van der Waals surface area contributed by atoms with Crippen molar-refractivity contribution in [1.82, 2.24) is 0 Å². The smallest absolute Gasteiger partial charge is 0.736 e. The second-order valence-corrected chi connectivity index (χ2v) is 1.32. The molecule has 0 aromatic rings. The average molecular weight is 184 g/mol. The molecule has 7 heavy (non-hydrogen) atoms. The zero-order valence-electron chi connectivity index (χ0n) is 2.93. The van der Waals surface area contributed by atoms with Gasteiger partial charge in [0.2, 0.25) is 0 Å². The van der Waals surface area contributed by atoms with Gasteiger partial charge in [-0.2, -0.15) is 0 Å². The zero-order chi connectivity index (χ0) is 5.15. The Hall–Kier alpha value is 0.299. The molecule has 0 aromatic carbocycles. The van der Waals surface area contributed by atoms with Gasteiger partial charge in [-0.25, -0.2) is 0 Å². The molecule has 0 unspecified atom stereocenters. The predicted molar refractivity (Wildman–Crippen MR) is 24.7 cm³/mol. The molecule has 0 rings (SSSR count). The third-order valence-corrected chi connectivity index (χ3v) is 0.667. The van der Waals surface area contributed by atoms with Crippen LogP contribution in [0.1, 0.15) is 0 Å². The van der Waals surface area contributed by atoms with Gasteiger partial charge in [-0.05, 0) is 0 Å². The molecule has 0 saturated carbocycles. The molecule has 0 aromatic heterocycles. The van der Waals surface area contributed by atoms with E-state index in [4.69, 9.17) is 0 Å². The van der Waals surface area contributed by atoms with Gasteiger partial charge in [0, 0.05) is 0 Å². The Morgan fingerprint density at radius 2 is 1.14 bits per heavy atom. The van der Waals surface area contributed by atoms with E-state index in [1.165, 1.54) is 0 Å². The van der Waals surface area contributed by atoms with Crippen LogP contribution in [0.3, 0.4) is 0 Å². The van der Waals surface area contributed by atoms with Gasteiger partial charge in [0.15, 0.2) is 0 Å². The quantitative estimate of drug-likeness (QED) is 0.301. The van der Waals surface area contributed by atoms with Crippen LogP contribution in [0.5, 0.6) is 0 Å². The standard InChI is InChI=1S/C2H2O2S2.Cu/c3-1(5)2(4)6;/h(H,3,5)(H,4,6);/q;+2/p-2. The van der Waals surface area contributed by atoms with Gasteiger partial charge in [0.1, 0.15) is 0 Å². The molecule has 43 valence electrons. The van der Waals surface area contributed by atoms with Crippen molar-refractivity contribution in [3.8, 4) is 0 Å². The van der Waals surface area contributed by atoms with E-state index in [0.717, 1.165) is 0 Å². The van der Waals surface area contributed by atoms with Crippen molar-refractivity contribution in [3.05, 3.63) is 0 Å². The first kappa shape index (κ1) is 10.3. The Balaban J connectivity index is 0. The van der Waals surface area contributed by atoms with Crippen molar-refractivity contribution in [2.75, 3.05) is 0 Å². The maximum Gasteiger partial charge on any atom is 2.00 e. The monoisotopic (exact) mass is 183 g/mol. The van der Waals surface area contributed by atoms with E-state index < -0.39 is 10.2 Å². The first-order valence-corrected chi connectivity index (χ1v) is 1.88. The van der Waals surface area contributed by atoms with E-state index in [-0.39, 0.29) is 17.1 Å². The summed E-state index contributed by atoms with van der Waals surface area (Å²) in [4.78, 5) is 19.0. The van der Waals surface area contributed by atoms with Crippen LogP contribution in [-0.2, 0) is 51.9 Å². The molecule has 0 N–H and O–H groups in total. The van der Waals surface area contributed by atoms with Crippen molar-refractivity contribution in [2.45, 2.75) is 0 Å². The summed E-state index contributed by atoms with van der Waals surface area (Å²) in [7, 11) is 0. The van der Waals surface area contributed by atoms with Gasteiger partial charge in [-0.3, -0.25) is 0 Å². The molecular weight excluding hydrogens is 184 g/mol. The first-order chi connectivity index (χ1) is 2.64. The molecule has 0 fully saturated rings. The first-order valence-electron chi connectivity index (χ1n) is 1.07. The molecule has 0 heterocycles. The van der Waals surface area contributed by atoms with Crippen molar-refractivity contribution >= 4 is 35.5 Å². The topological polar surface area (TPSA) is 34.1 Å². The fourth-order valence-corrected chi connectivity index (χ4v) is 0. The fourth-order valence-electron chi connectivity index (χ4n) is 0. The number of carbonyl (C=O) groups is 2. The summed E-state index contributed by atoms with van der Waals surface area (Å²) in [5.41, 5.74) is 0. The average Bonchev–Trinajstić information content (AvgIpc) is 1.36. The van der Waals surface area contributed by atoms with E-state index in [1.54, 1.807) is 0 Å². The Kier molecular flexibility index (Phi) is 6.57. The van der Waals surface area contributed by atoms with E-state index >= 15 is 0 Å². The number of carbonyl (C=O) groups excluding carboxylic acids is 2. The van der Waals surface area contributed by atoms with Crippen molar-refractivity contribution < 1.29 is 26.7 Å². The minimum atomic E-state index is -0.981. The molecule has 0 atom stereocenters. The van der Waals surface area contributed by atoms with E-state index in [9.17, 15) is 9.59 Å². The van der Waals surface area contributed by atoms with Crippen LogP contribution in [0.25, 0.3) is 0 Å². The van der Waals surface area contributed by atoms with Crippen LogP contribution >= 0.6 is 0 Å². The molecule has 0 aliphatic rings. The maximum absolute atomic E-state index is 9.50. The van der Waals surface area contributed by atoms with Crippen LogP contribution in [0.15, 0.2) is 0 Å². The summed E-state index contributed by atoms with van der Waals surface area (Å²) in [6, 6.07) is 0. The minimum absolute atomic E-state index is 0. The second kappa shape index (κ2) is 4.46. The van der Waals surface area contributed by atoms with E-state index in [1.807, 2.05) is 0 Å². The van der Waals surface area contributed by atoms with Gasteiger partial charge in [-0.1, -0.05) is 0 Å². The van der Waals surface area contributed by atoms with E-state index in [0.29, 0.717) is 0 Å². The van der Waals surface area contributed by atoms with Crippen molar-refractivity contribution in [1.29, 1.82) is 0 Å². The molecule has 0 amide bonds.